The van der Waals surface area contributed by atoms with Crippen LogP contribution in [0.3, 0.4) is 0 Å². The second-order valence-electron chi connectivity index (χ2n) is 9.82. The number of pyridine rings is 1. The van der Waals surface area contributed by atoms with E-state index < -0.39 is 34.5 Å². The summed E-state index contributed by atoms with van der Waals surface area (Å²) in [6.07, 6.45) is 5.32. The molecule has 14 heteroatoms. The molecule has 4 N–H and O–H groups in total. The normalized spacial score (nSPS) is 18.0. The van der Waals surface area contributed by atoms with E-state index in [9.17, 15) is 23.9 Å². The van der Waals surface area contributed by atoms with Crippen molar-refractivity contribution < 1.29 is 23.8 Å². The van der Waals surface area contributed by atoms with Crippen LogP contribution in [0.5, 0.6) is 5.75 Å². The number of aryl methyl sites for hydroxylation is 1. The maximum atomic E-state index is 14.5. The van der Waals surface area contributed by atoms with Crippen LogP contribution in [0.2, 0.25) is 5.02 Å². The Kier molecular flexibility index (Phi) is 6.19. The molecule has 2 aliphatic heterocycles. The average Bonchev–Trinajstić information content (AvgIpc) is 3.64. The zero-order chi connectivity index (χ0) is 28.3. The van der Waals surface area contributed by atoms with Crippen LogP contribution in [0.1, 0.15) is 16.8 Å². The van der Waals surface area contributed by atoms with Gasteiger partial charge in [-0.2, -0.15) is 0 Å². The number of hydrogen-bond acceptors (Lipinski definition) is 8. The lowest BCUT2D eigenvalue weighted by atomic mass is 10.0. The summed E-state index contributed by atoms with van der Waals surface area (Å²) in [7, 11) is 1.50. The van der Waals surface area contributed by atoms with Crippen molar-refractivity contribution in [2.75, 3.05) is 23.4 Å². The first-order valence-corrected chi connectivity index (χ1v) is 12.7. The summed E-state index contributed by atoms with van der Waals surface area (Å²) in [5.74, 6) is -2.82. The van der Waals surface area contributed by atoms with E-state index in [4.69, 9.17) is 22.1 Å². The van der Waals surface area contributed by atoms with Gasteiger partial charge in [-0.05, 0) is 24.1 Å². The number of aromatic nitrogens is 4. The van der Waals surface area contributed by atoms with E-state index in [1.807, 2.05) is 0 Å². The molecule has 0 radical (unpaired) electrons. The van der Waals surface area contributed by atoms with Gasteiger partial charge in [0.05, 0.1) is 52.9 Å². The van der Waals surface area contributed by atoms with Crippen molar-refractivity contribution in [2.24, 2.45) is 12.8 Å². The topological polar surface area (TPSA) is 158 Å². The first-order chi connectivity index (χ1) is 19.1. The molecule has 4 aromatic rings. The number of nitrogens with one attached hydrogen (secondary N) is 1. The molecule has 0 saturated carbocycles. The zero-order valence-corrected chi connectivity index (χ0v) is 21.9. The molecule has 3 aromatic heterocycles. The molecule has 1 aromatic carbocycles. The van der Waals surface area contributed by atoms with Gasteiger partial charge in [-0.1, -0.05) is 11.6 Å². The average molecular weight is 568 g/mol. The summed E-state index contributed by atoms with van der Waals surface area (Å²) in [5.41, 5.74) is 5.22. The number of amides is 2. The second kappa shape index (κ2) is 9.61. The van der Waals surface area contributed by atoms with Crippen LogP contribution in [-0.4, -0.2) is 61.3 Å². The molecule has 2 saturated heterocycles. The van der Waals surface area contributed by atoms with E-state index in [1.54, 1.807) is 6.07 Å². The SMILES string of the molecule is Cn1cnc2c(c(-c3cc(F)c(O)c(C(N)=O)c3)cn2CC(=O)Nc2cc(N3CC4CC3CO4)ncc2Cl)c1=O. The van der Waals surface area contributed by atoms with Crippen molar-refractivity contribution >= 4 is 46.0 Å². The lowest BCUT2D eigenvalue weighted by Gasteiger charge is -2.28. The molecular formula is C26H23ClFN7O5. The summed E-state index contributed by atoms with van der Waals surface area (Å²) in [6, 6.07) is 4.08. The fraction of sp³-hybridized carbons (Fsp3) is 0.269. The fourth-order valence-electron chi connectivity index (χ4n) is 5.25. The number of benzene rings is 1. The van der Waals surface area contributed by atoms with Crippen LogP contribution in [0.4, 0.5) is 15.9 Å². The van der Waals surface area contributed by atoms with Gasteiger partial charge in [0.15, 0.2) is 11.6 Å². The summed E-state index contributed by atoms with van der Waals surface area (Å²) in [5, 5.41) is 13.1. The lowest BCUT2D eigenvalue weighted by Crippen LogP contribution is -2.37. The first-order valence-electron chi connectivity index (χ1n) is 12.3. The Balaban J connectivity index is 1.34. The predicted octanol–water partition coefficient (Wildman–Crippen LogP) is 2.01. The van der Waals surface area contributed by atoms with Gasteiger partial charge in [0, 0.05) is 31.4 Å². The van der Waals surface area contributed by atoms with E-state index >= 15 is 0 Å². The fourth-order valence-corrected chi connectivity index (χ4v) is 5.40. The Bertz CT molecular complexity index is 1770. The molecule has 12 nitrogen and oxygen atoms in total. The Labute approximate surface area is 230 Å². The molecule has 2 aliphatic rings. The number of phenols is 1. The highest BCUT2D eigenvalue weighted by Crippen LogP contribution is 2.35. The van der Waals surface area contributed by atoms with Crippen molar-refractivity contribution in [3.8, 4) is 16.9 Å². The van der Waals surface area contributed by atoms with Crippen LogP contribution >= 0.6 is 11.6 Å². The van der Waals surface area contributed by atoms with Gasteiger partial charge < -0.3 is 34.9 Å². The van der Waals surface area contributed by atoms with E-state index in [2.05, 4.69) is 20.2 Å². The van der Waals surface area contributed by atoms with E-state index in [0.717, 1.165) is 12.5 Å². The van der Waals surface area contributed by atoms with Crippen molar-refractivity contribution in [2.45, 2.75) is 25.1 Å². The number of rotatable bonds is 6. The molecule has 2 fully saturated rings. The van der Waals surface area contributed by atoms with E-state index in [0.29, 0.717) is 24.7 Å². The highest BCUT2D eigenvalue weighted by Gasteiger charge is 2.39. The molecule has 2 unspecified atom stereocenters. The third-order valence-electron chi connectivity index (χ3n) is 7.20. The minimum absolute atomic E-state index is 0.0915. The zero-order valence-electron chi connectivity index (χ0n) is 21.1. The smallest absolute Gasteiger partial charge is 0.263 e. The molecule has 0 aliphatic carbocycles. The van der Waals surface area contributed by atoms with Gasteiger partial charge in [0.1, 0.15) is 18.0 Å². The Morgan fingerprint density at radius 3 is 2.80 bits per heavy atom. The maximum Gasteiger partial charge on any atom is 0.263 e. The molecule has 40 heavy (non-hydrogen) atoms. The number of fused-ring (bicyclic) bond motifs is 3. The number of morpholine rings is 1. The van der Waals surface area contributed by atoms with Crippen molar-refractivity contribution in [3.63, 3.8) is 0 Å². The highest BCUT2D eigenvalue weighted by atomic mass is 35.5. The van der Waals surface area contributed by atoms with Crippen LogP contribution in [0.25, 0.3) is 22.2 Å². The quantitative estimate of drug-likeness (QED) is 0.319. The van der Waals surface area contributed by atoms with Gasteiger partial charge in [-0.25, -0.2) is 14.4 Å². The third kappa shape index (κ3) is 4.32. The van der Waals surface area contributed by atoms with Gasteiger partial charge in [-0.15, -0.1) is 0 Å². The van der Waals surface area contributed by atoms with Gasteiger partial charge in [-0.3, -0.25) is 14.4 Å². The summed E-state index contributed by atoms with van der Waals surface area (Å²) in [4.78, 5) is 48.9. The molecule has 2 bridgehead atoms. The van der Waals surface area contributed by atoms with Gasteiger partial charge >= 0.3 is 0 Å². The van der Waals surface area contributed by atoms with Crippen molar-refractivity contribution in [1.82, 2.24) is 19.1 Å². The predicted molar refractivity (Wildman–Crippen MR) is 144 cm³/mol. The standard InChI is InChI=1S/C26H23ClFN7O5/c1-33-11-31-25-22(26(33)39)16(12-2-15(24(29)38)23(37)18(28)3-12)8-34(25)9-21(36)32-19-5-20(30-6-17(19)27)35-7-14-4-13(35)10-40-14/h2-3,5-6,8,11,13-14,37H,4,7,9-10H2,1H3,(H2,29,38)(H,30,32,36). The summed E-state index contributed by atoms with van der Waals surface area (Å²) < 4.78 is 22.8. The maximum absolute atomic E-state index is 14.5. The monoisotopic (exact) mass is 567 g/mol. The Hall–Kier alpha value is -4.49. The third-order valence-corrected chi connectivity index (χ3v) is 7.50. The Morgan fingerprint density at radius 1 is 1.30 bits per heavy atom. The van der Waals surface area contributed by atoms with Crippen LogP contribution in [0, 0.1) is 5.82 Å². The first kappa shape index (κ1) is 25.8. The number of halogens is 2. The number of nitrogens with two attached hydrogens (primary N) is 1. The lowest BCUT2D eigenvalue weighted by molar-refractivity contribution is -0.116. The minimum Gasteiger partial charge on any atom is -0.504 e. The van der Waals surface area contributed by atoms with E-state index in [1.165, 1.54) is 41.0 Å². The number of carbonyl (C=O) groups is 2. The molecule has 206 valence electrons. The van der Waals surface area contributed by atoms with Crippen molar-refractivity contribution in [1.29, 1.82) is 0 Å². The number of aromatic hydroxyl groups is 1. The van der Waals surface area contributed by atoms with Crippen LogP contribution < -0.4 is 21.5 Å². The molecular weight excluding hydrogens is 545 g/mol. The number of ether oxygens (including phenoxy) is 1. The number of anilines is 2. The molecule has 0 spiro atoms. The molecule has 2 amide bonds. The van der Waals surface area contributed by atoms with Crippen molar-refractivity contribution in [3.05, 3.63) is 63.7 Å². The highest BCUT2D eigenvalue weighted by molar-refractivity contribution is 6.33. The number of primary amides is 1. The molecule has 5 heterocycles. The van der Waals surface area contributed by atoms with Gasteiger partial charge in [0.25, 0.3) is 11.5 Å². The number of nitrogens with zero attached hydrogens (tertiary/aromatic N) is 5. The second-order valence-corrected chi connectivity index (χ2v) is 10.2. The van der Waals surface area contributed by atoms with Gasteiger partial charge in [0.2, 0.25) is 5.91 Å². The molecule has 2 atom stereocenters. The van der Waals surface area contributed by atoms with E-state index in [-0.39, 0.29) is 45.9 Å². The minimum atomic E-state index is -1.09. The molecule has 6 rings (SSSR count). The Morgan fingerprint density at radius 2 is 2.10 bits per heavy atom. The number of carbonyl (C=O) groups excluding carboxylic acids is 2. The number of hydrogen-bond donors (Lipinski definition) is 3. The van der Waals surface area contributed by atoms with Crippen LogP contribution in [0.15, 0.2) is 41.7 Å². The largest absolute Gasteiger partial charge is 0.504 e. The van der Waals surface area contributed by atoms with Crippen LogP contribution in [-0.2, 0) is 23.1 Å². The summed E-state index contributed by atoms with van der Waals surface area (Å²) >= 11 is 6.34. The summed E-state index contributed by atoms with van der Waals surface area (Å²) in [6.45, 7) is 1.06.